The Labute approximate surface area is 319 Å². The van der Waals surface area contributed by atoms with Gasteiger partial charge in [-0.15, -0.1) is 93.4 Å². The van der Waals surface area contributed by atoms with Gasteiger partial charge >= 0.3 is 30.2 Å². The van der Waals surface area contributed by atoms with Crippen molar-refractivity contribution in [2.24, 2.45) is 0 Å². The van der Waals surface area contributed by atoms with Gasteiger partial charge in [0.2, 0.25) is 0 Å². The van der Waals surface area contributed by atoms with Crippen molar-refractivity contribution >= 4 is 64.0 Å². The molecule has 0 unspecified atom stereocenters. The Bertz CT molecular complexity index is 2090. The first-order valence-electron chi connectivity index (χ1n) is 15.4. The number of halogens is 2. The Morgan fingerprint density at radius 2 is 1.10 bits per heavy atom. The van der Waals surface area contributed by atoms with Crippen LogP contribution in [0, 0.1) is 49.5 Å². The van der Waals surface area contributed by atoms with Gasteiger partial charge in [-0.25, -0.2) is 0 Å². The third-order valence-electron chi connectivity index (χ3n) is 9.12. The molecule has 0 saturated heterocycles. The van der Waals surface area contributed by atoms with E-state index in [1.54, 1.807) is 0 Å². The Hall–Kier alpha value is -2.74. The molecule has 7 aromatic carbocycles. The van der Waals surface area contributed by atoms with Gasteiger partial charge in [-0.05, 0) is 65.3 Å². The molecule has 4 heteroatoms. The summed E-state index contributed by atoms with van der Waals surface area (Å²) in [5.74, 6) is 0.563. The van der Waals surface area contributed by atoms with E-state index < -0.39 is 0 Å². The van der Waals surface area contributed by atoms with Crippen molar-refractivity contribution in [3.63, 3.8) is 0 Å². The number of benzene rings is 5. The van der Waals surface area contributed by atoms with Crippen molar-refractivity contribution < 1.29 is 23.3 Å². The van der Waals surface area contributed by atoms with Crippen molar-refractivity contribution in [1.29, 1.82) is 0 Å². The van der Waals surface area contributed by atoms with Crippen LogP contribution in [0.3, 0.4) is 0 Å². The molecule has 0 aliphatic rings. The summed E-state index contributed by atoms with van der Waals surface area (Å²) in [4.78, 5) is 0. The summed E-state index contributed by atoms with van der Waals surface area (Å²) in [5, 5.41) is 8.10. The second-order valence-electron chi connectivity index (χ2n) is 12.2. The molecule has 7 aromatic rings. The third-order valence-corrected chi connectivity index (χ3v) is 9.12. The van der Waals surface area contributed by atoms with E-state index in [1.807, 2.05) is 0 Å². The Morgan fingerprint density at radius 1 is 0.542 bits per heavy atom. The molecule has 0 aliphatic carbocycles. The van der Waals surface area contributed by atoms with Crippen LogP contribution in [0.4, 0.5) is 0 Å². The van der Waals surface area contributed by atoms with Gasteiger partial charge in [0.1, 0.15) is 0 Å². The molecule has 0 bridgehead atoms. The van der Waals surface area contributed by atoms with E-state index in [1.165, 1.54) is 111 Å². The maximum absolute atomic E-state index is 3.06. The van der Waals surface area contributed by atoms with E-state index in [0.29, 0.717) is 5.92 Å². The first-order chi connectivity index (χ1) is 21.2. The van der Waals surface area contributed by atoms with Gasteiger partial charge in [0, 0.05) is 0 Å². The molecule has 0 N–H and O–H groups in total. The van der Waals surface area contributed by atoms with Crippen molar-refractivity contribution in [2.45, 2.75) is 54.4 Å². The van der Waals surface area contributed by atoms with Gasteiger partial charge in [-0.2, -0.15) is 12.1 Å². The van der Waals surface area contributed by atoms with Crippen LogP contribution in [0.1, 0.15) is 53.1 Å². The minimum atomic E-state index is 0. The quantitative estimate of drug-likeness (QED) is 0.124. The van der Waals surface area contributed by atoms with Crippen LogP contribution in [0.25, 0.3) is 54.6 Å². The fourth-order valence-electron chi connectivity index (χ4n) is 6.36. The second-order valence-corrected chi connectivity index (χ2v) is 12.2. The molecule has 48 heavy (non-hydrogen) atoms. The predicted octanol–water partition coefficient (Wildman–Crippen LogP) is 13.6. The molecular weight excluding hydrogens is 719 g/mol. The van der Waals surface area contributed by atoms with Crippen LogP contribution in [-0.2, 0) is 23.3 Å². The average molecular weight is 767 g/mol. The number of fused-ring (bicyclic) bond motifs is 3. The third kappa shape index (κ3) is 8.70. The van der Waals surface area contributed by atoms with Crippen molar-refractivity contribution in [3.05, 3.63) is 157 Å². The molecule has 0 atom stereocenters. The molecule has 0 amide bonds. The molecule has 250 valence electrons. The second kappa shape index (κ2) is 18.9. The number of hydrogen-bond acceptors (Lipinski definition) is 0. The topological polar surface area (TPSA) is 0 Å². The summed E-state index contributed by atoms with van der Waals surface area (Å²) < 4.78 is 0. The van der Waals surface area contributed by atoms with E-state index in [4.69, 9.17) is 0 Å². The van der Waals surface area contributed by atoms with E-state index in [9.17, 15) is 0 Å². The molecule has 0 saturated carbocycles. The normalized spacial score (nSPS) is 10.1. The zero-order valence-corrected chi connectivity index (χ0v) is 34.9. The van der Waals surface area contributed by atoms with Crippen LogP contribution in [0.15, 0.2) is 109 Å². The van der Waals surface area contributed by atoms with Gasteiger partial charge in [-0.1, -0.05) is 106 Å². The number of aryl methyl sites for hydroxylation is 3. The maximum atomic E-state index is 3.06. The molecule has 0 aliphatic heterocycles. The zero-order valence-electron chi connectivity index (χ0n) is 29.8. The van der Waals surface area contributed by atoms with E-state index >= 15 is 0 Å². The van der Waals surface area contributed by atoms with Crippen LogP contribution >= 0.6 is 24.8 Å². The summed E-state index contributed by atoms with van der Waals surface area (Å²) in [6, 6.07) is 40.1. The number of rotatable bonds is 3. The molecule has 7 rings (SSSR count). The van der Waals surface area contributed by atoms with Crippen molar-refractivity contribution in [1.82, 2.24) is 0 Å². The fraction of sp³-hybridized carbons (Fsp3) is 0.182. The van der Waals surface area contributed by atoms with E-state index in [-0.39, 0.29) is 39.7 Å². The monoisotopic (exact) mass is 764 g/mol. The minimum absolute atomic E-state index is 0. The SMILES string of the molecule is CC(C)c1cc2c(-c3cccc4ccccc34)cccc2[cH-]1.Cc1cc2c(-c3ccc(C)c(C)c3C)ccc(C)c2[cH-]1.Cl.Cl.[CH3-].[CH3-].[Si]=[Zr]. The fourth-order valence-corrected chi connectivity index (χ4v) is 6.36. The van der Waals surface area contributed by atoms with Crippen LogP contribution in [-0.4, -0.2) is 6.88 Å². The summed E-state index contributed by atoms with van der Waals surface area (Å²) in [7, 11) is 0. The van der Waals surface area contributed by atoms with Crippen molar-refractivity contribution in [2.75, 3.05) is 0 Å². The Kier molecular flexibility index (Phi) is 17.0. The Balaban J connectivity index is 0.000000425. The average Bonchev–Trinajstić information content (AvgIpc) is 3.66. The molecule has 0 aromatic heterocycles. The number of hydrogen-bond donors (Lipinski definition) is 0. The van der Waals surface area contributed by atoms with Gasteiger partial charge in [0.15, 0.2) is 0 Å². The summed E-state index contributed by atoms with van der Waals surface area (Å²) in [6.45, 7) is 18.6. The van der Waals surface area contributed by atoms with Crippen molar-refractivity contribution in [3.8, 4) is 22.3 Å². The van der Waals surface area contributed by atoms with E-state index in [2.05, 4.69) is 165 Å². The van der Waals surface area contributed by atoms with Gasteiger partial charge < -0.3 is 14.9 Å². The van der Waals surface area contributed by atoms with Gasteiger partial charge in [0.25, 0.3) is 0 Å². The van der Waals surface area contributed by atoms with Crippen LogP contribution in [0.2, 0.25) is 0 Å². The summed E-state index contributed by atoms with van der Waals surface area (Å²) in [6.07, 6.45) is 0. The molecule has 0 heterocycles. The zero-order chi connectivity index (χ0) is 31.5. The van der Waals surface area contributed by atoms with Gasteiger partial charge in [0.05, 0.1) is 0 Å². The first kappa shape index (κ1) is 43.3. The van der Waals surface area contributed by atoms with Crippen LogP contribution < -0.4 is 0 Å². The molecule has 0 fully saturated rings. The summed E-state index contributed by atoms with van der Waals surface area (Å²) in [5.41, 5.74) is 13.7. The predicted molar refractivity (Wildman–Crippen MR) is 218 cm³/mol. The first-order valence-corrected chi connectivity index (χ1v) is 19.6. The van der Waals surface area contributed by atoms with Gasteiger partial charge in [-0.3, -0.25) is 0 Å². The molecular formula is C44H48Cl2SiZr-4. The Morgan fingerprint density at radius 3 is 1.79 bits per heavy atom. The molecule has 0 nitrogen and oxygen atoms in total. The van der Waals surface area contributed by atoms with Crippen LogP contribution in [0.5, 0.6) is 0 Å². The standard InChI is InChI=1S/C22H19.C20H21.2CH3.2ClH.Si.Zr/c1-15(2)18-13-17-9-6-12-21(22(17)14-18)20-11-5-8-16-7-3-4-10-19(16)20;1-12-10-19-14(3)7-9-18(20(19)11-12)17-8-6-13(2)15(4)16(17)5;;;;;;/h3-15H,1-2H3;6-11H,1-5H3;2*1H3;2*1H;;/q4*-1;;;;. The van der Waals surface area contributed by atoms with E-state index in [0.717, 1.165) is 0 Å². The summed E-state index contributed by atoms with van der Waals surface area (Å²) >= 11 is 1.36. The molecule has 2 radical (unpaired) electrons. The molecule has 0 spiro atoms.